The van der Waals surface area contributed by atoms with E-state index in [0.29, 0.717) is 24.0 Å². The minimum absolute atomic E-state index is 0.550. The zero-order valence-electron chi connectivity index (χ0n) is 11.9. The monoisotopic (exact) mass is 307 g/mol. The molecule has 0 atom stereocenters. The van der Waals surface area contributed by atoms with Crippen molar-refractivity contribution in [3.8, 4) is 11.5 Å². The quantitative estimate of drug-likeness (QED) is 0.860. The lowest BCUT2D eigenvalue weighted by molar-refractivity contribution is 0.171. The van der Waals surface area contributed by atoms with Crippen LogP contribution in [0.4, 0.5) is 0 Å². The number of hydrogen-bond donors (Lipinski definition) is 1. The van der Waals surface area contributed by atoms with Crippen LogP contribution in [0.3, 0.4) is 0 Å². The highest BCUT2D eigenvalue weighted by molar-refractivity contribution is 6.32. The summed E-state index contributed by atoms with van der Waals surface area (Å²) in [7, 11) is 1.92. The topological polar surface area (TPSA) is 48.3 Å². The van der Waals surface area contributed by atoms with Crippen LogP contribution in [0.2, 0.25) is 5.02 Å². The number of aromatic nitrogens is 2. The number of halogens is 1. The Bertz CT molecular complexity index is 627. The molecule has 0 amide bonds. The first-order valence-electron chi connectivity index (χ1n) is 6.99. The van der Waals surface area contributed by atoms with Crippen LogP contribution in [0.5, 0.6) is 11.5 Å². The SMILES string of the molecule is Cn1ccc(CCNCc2cc(Cl)c3c(c2)OCCO3)n1. The molecule has 0 saturated carbocycles. The summed E-state index contributed by atoms with van der Waals surface area (Å²) in [6.45, 7) is 2.72. The first-order valence-corrected chi connectivity index (χ1v) is 7.37. The minimum atomic E-state index is 0.550. The van der Waals surface area contributed by atoms with Gasteiger partial charge >= 0.3 is 0 Å². The molecular formula is C15H18ClN3O2. The highest BCUT2D eigenvalue weighted by Gasteiger charge is 2.16. The van der Waals surface area contributed by atoms with E-state index in [0.717, 1.165) is 36.5 Å². The number of fused-ring (bicyclic) bond motifs is 1. The molecule has 1 aromatic heterocycles. The summed E-state index contributed by atoms with van der Waals surface area (Å²) < 4.78 is 12.9. The molecule has 0 aliphatic carbocycles. The van der Waals surface area contributed by atoms with Crippen molar-refractivity contribution in [3.05, 3.63) is 40.7 Å². The number of hydrogen-bond acceptors (Lipinski definition) is 4. The third-order valence-electron chi connectivity index (χ3n) is 3.31. The fourth-order valence-corrected chi connectivity index (χ4v) is 2.60. The first kappa shape index (κ1) is 14.2. The fraction of sp³-hybridized carbons (Fsp3) is 0.400. The van der Waals surface area contributed by atoms with E-state index in [2.05, 4.69) is 10.4 Å². The number of benzene rings is 1. The van der Waals surface area contributed by atoms with Crippen LogP contribution in [-0.2, 0) is 20.0 Å². The molecule has 0 spiro atoms. The van der Waals surface area contributed by atoms with Gasteiger partial charge in [0.1, 0.15) is 13.2 Å². The van der Waals surface area contributed by atoms with Crippen LogP contribution in [0, 0.1) is 0 Å². The van der Waals surface area contributed by atoms with Gasteiger partial charge in [0.05, 0.1) is 10.7 Å². The highest BCUT2D eigenvalue weighted by atomic mass is 35.5. The maximum atomic E-state index is 6.21. The van der Waals surface area contributed by atoms with E-state index in [1.807, 2.05) is 36.1 Å². The molecule has 0 bridgehead atoms. The molecule has 3 rings (SSSR count). The van der Waals surface area contributed by atoms with Gasteiger partial charge in [0.25, 0.3) is 0 Å². The lowest BCUT2D eigenvalue weighted by Crippen LogP contribution is -2.18. The average Bonchev–Trinajstić information content (AvgIpc) is 2.89. The predicted octanol–water partition coefficient (Wildman–Crippen LogP) is 2.18. The van der Waals surface area contributed by atoms with Gasteiger partial charge in [0.15, 0.2) is 11.5 Å². The Kier molecular flexibility index (Phi) is 4.31. The van der Waals surface area contributed by atoms with E-state index in [4.69, 9.17) is 21.1 Å². The summed E-state index contributed by atoms with van der Waals surface area (Å²) in [4.78, 5) is 0. The van der Waals surface area contributed by atoms with E-state index in [-0.39, 0.29) is 0 Å². The van der Waals surface area contributed by atoms with E-state index in [1.165, 1.54) is 0 Å². The number of nitrogens with zero attached hydrogens (tertiary/aromatic N) is 2. The Morgan fingerprint density at radius 2 is 2.19 bits per heavy atom. The number of nitrogens with one attached hydrogen (secondary N) is 1. The molecule has 0 radical (unpaired) electrons. The molecule has 1 aliphatic heterocycles. The van der Waals surface area contributed by atoms with Crippen molar-refractivity contribution in [2.24, 2.45) is 7.05 Å². The van der Waals surface area contributed by atoms with Gasteiger partial charge in [-0.25, -0.2) is 0 Å². The number of aryl methyl sites for hydroxylation is 1. The van der Waals surface area contributed by atoms with Crippen LogP contribution in [-0.4, -0.2) is 29.5 Å². The first-order chi connectivity index (χ1) is 10.2. The summed E-state index contributed by atoms with van der Waals surface area (Å²) in [6.07, 6.45) is 2.86. The van der Waals surface area contributed by atoms with Gasteiger partial charge in [-0.2, -0.15) is 5.10 Å². The third kappa shape index (κ3) is 3.49. The molecule has 2 aromatic rings. The lowest BCUT2D eigenvalue weighted by atomic mass is 10.2. The average molecular weight is 308 g/mol. The summed E-state index contributed by atoms with van der Waals surface area (Å²) in [5.74, 6) is 1.38. The molecule has 6 heteroatoms. The van der Waals surface area contributed by atoms with Crippen LogP contribution in [0.1, 0.15) is 11.3 Å². The van der Waals surface area contributed by atoms with Gasteiger partial charge in [-0.3, -0.25) is 4.68 Å². The second kappa shape index (κ2) is 6.37. The molecule has 1 aromatic carbocycles. The van der Waals surface area contributed by atoms with Gasteiger partial charge in [0, 0.05) is 32.8 Å². The second-order valence-corrected chi connectivity index (χ2v) is 5.42. The standard InChI is InChI=1S/C15H18ClN3O2/c1-19-5-3-12(18-19)2-4-17-10-11-8-13(16)15-14(9-11)20-6-7-21-15/h3,5,8-9,17H,2,4,6-7,10H2,1H3. The molecule has 112 valence electrons. The van der Waals surface area contributed by atoms with Crippen molar-refractivity contribution >= 4 is 11.6 Å². The fourth-order valence-electron chi connectivity index (χ4n) is 2.31. The molecule has 0 unspecified atom stereocenters. The Balaban J connectivity index is 1.54. The van der Waals surface area contributed by atoms with Crippen LogP contribution in [0.15, 0.2) is 24.4 Å². The Morgan fingerprint density at radius 1 is 1.33 bits per heavy atom. The van der Waals surface area contributed by atoms with Crippen molar-refractivity contribution in [3.63, 3.8) is 0 Å². The van der Waals surface area contributed by atoms with Crippen LogP contribution in [0.25, 0.3) is 0 Å². The molecule has 5 nitrogen and oxygen atoms in total. The van der Waals surface area contributed by atoms with Gasteiger partial charge in [-0.15, -0.1) is 0 Å². The number of rotatable bonds is 5. The van der Waals surface area contributed by atoms with Crippen molar-refractivity contribution in [1.82, 2.24) is 15.1 Å². The normalized spacial score (nSPS) is 13.4. The van der Waals surface area contributed by atoms with Crippen molar-refractivity contribution in [2.45, 2.75) is 13.0 Å². The summed E-state index contributed by atoms with van der Waals surface area (Å²) >= 11 is 6.21. The highest BCUT2D eigenvalue weighted by Crippen LogP contribution is 2.38. The van der Waals surface area contributed by atoms with Gasteiger partial charge in [0.2, 0.25) is 0 Å². The van der Waals surface area contributed by atoms with Crippen molar-refractivity contribution < 1.29 is 9.47 Å². The zero-order valence-corrected chi connectivity index (χ0v) is 12.7. The van der Waals surface area contributed by atoms with Crippen LogP contribution < -0.4 is 14.8 Å². The molecular weight excluding hydrogens is 290 g/mol. The molecule has 1 aliphatic rings. The van der Waals surface area contributed by atoms with Crippen LogP contribution >= 0.6 is 11.6 Å². The third-order valence-corrected chi connectivity index (χ3v) is 3.59. The maximum absolute atomic E-state index is 6.21. The van der Waals surface area contributed by atoms with Gasteiger partial charge in [-0.05, 0) is 23.8 Å². The second-order valence-electron chi connectivity index (χ2n) is 5.01. The molecule has 2 heterocycles. The lowest BCUT2D eigenvalue weighted by Gasteiger charge is -2.20. The summed E-state index contributed by atoms with van der Waals surface area (Å²) in [5, 5.41) is 8.34. The van der Waals surface area contributed by atoms with Gasteiger partial charge in [-0.1, -0.05) is 11.6 Å². The molecule has 0 saturated heterocycles. The number of ether oxygens (including phenoxy) is 2. The maximum Gasteiger partial charge on any atom is 0.179 e. The van der Waals surface area contributed by atoms with E-state index >= 15 is 0 Å². The van der Waals surface area contributed by atoms with Gasteiger partial charge < -0.3 is 14.8 Å². The van der Waals surface area contributed by atoms with E-state index < -0.39 is 0 Å². The van der Waals surface area contributed by atoms with E-state index in [1.54, 1.807) is 0 Å². The molecule has 21 heavy (non-hydrogen) atoms. The summed E-state index contributed by atoms with van der Waals surface area (Å²) in [6, 6.07) is 5.93. The Hall–Kier alpha value is -1.72. The Morgan fingerprint density at radius 3 is 3.00 bits per heavy atom. The smallest absolute Gasteiger partial charge is 0.179 e. The van der Waals surface area contributed by atoms with E-state index in [9.17, 15) is 0 Å². The summed E-state index contributed by atoms with van der Waals surface area (Å²) in [5.41, 5.74) is 2.18. The molecule has 0 fully saturated rings. The Labute approximate surface area is 128 Å². The zero-order chi connectivity index (χ0) is 14.7. The van der Waals surface area contributed by atoms with Crippen molar-refractivity contribution in [1.29, 1.82) is 0 Å². The molecule has 1 N–H and O–H groups in total. The largest absolute Gasteiger partial charge is 0.486 e. The van der Waals surface area contributed by atoms with Crippen molar-refractivity contribution in [2.75, 3.05) is 19.8 Å². The predicted molar refractivity (Wildman–Crippen MR) is 81.1 cm³/mol. The minimum Gasteiger partial charge on any atom is -0.486 e.